The number of rotatable bonds is 5. The lowest BCUT2D eigenvalue weighted by Gasteiger charge is -2.36. The SMILES string of the molecule is C[C@@H]1CN(C[C@H](O)CO[C@@H]2CCC[C@@H]2C)C[C@H](C)O1. The molecule has 0 aromatic heterocycles. The molecule has 1 aliphatic carbocycles. The molecule has 4 nitrogen and oxygen atoms in total. The highest BCUT2D eigenvalue weighted by Gasteiger charge is 2.26. The predicted octanol–water partition coefficient (Wildman–Crippen LogP) is 1.66. The Hall–Kier alpha value is -0.160. The summed E-state index contributed by atoms with van der Waals surface area (Å²) in [6, 6.07) is 0. The molecule has 4 heteroatoms. The van der Waals surface area contributed by atoms with Crippen LogP contribution in [0.25, 0.3) is 0 Å². The molecule has 1 heterocycles. The van der Waals surface area contributed by atoms with Gasteiger partial charge >= 0.3 is 0 Å². The van der Waals surface area contributed by atoms with Gasteiger partial charge < -0.3 is 14.6 Å². The van der Waals surface area contributed by atoms with Gasteiger partial charge in [-0.3, -0.25) is 4.90 Å². The number of β-amino-alcohol motifs (C(OH)–C–C–N with tert-alkyl or cyclic N) is 1. The summed E-state index contributed by atoms with van der Waals surface area (Å²) >= 11 is 0. The number of nitrogens with zero attached hydrogens (tertiary/aromatic N) is 1. The van der Waals surface area contributed by atoms with Gasteiger partial charge in [0, 0.05) is 19.6 Å². The highest BCUT2D eigenvalue weighted by molar-refractivity contribution is 4.77. The average Bonchev–Trinajstić information content (AvgIpc) is 2.71. The number of hydrogen-bond donors (Lipinski definition) is 1. The van der Waals surface area contributed by atoms with Crippen molar-refractivity contribution in [2.75, 3.05) is 26.2 Å². The molecule has 0 spiro atoms. The summed E-state index contributed by atoms with van der Waals surface area (Å²) in [5, 5.41) is 10.1. The fourth-order valence-corrected chi connectivity index (χ4v) is 3.38. The second kappa shape index (κ2) is 7.02. The Kier molecular flexibility index (Phi) is 5.63. The smallest absolute Gasteiger partial charge is 0.0900 e. The molecule has 19 heavy (non-hydrogen) atoms. The van der Waals surface area contributed by atoms with Crippen molar-refractivity contribution in [1.82, 2.24) is 4.90 Å². The van der Waals surface area contributed by atoms with Gasteiger partial charge in [-0.25, -0.2) is 0 Å². The molecular weight excluding hydrogens is 242 g/mol. The van der Waals surface area contributed by atoms with Crippen molar-refractivity contribution < 1.29 is 14.6 Å². The Labute approximate surface area is 117 Å². The summed E-state index contributed by atoms with van der Waals surface area (Å²) in [6.07, 6.45) is 4.17. The van der Waals surface area contributed by atoms with E-state index in [4.69, 9.17) is 9.47 Å². The maximum absolute atomic E-state index is 10.1. The highest BCUT2D eigenvalue weighted by atomic mass is 16.5. The number of ether oxygens (including phenoxy) is 2. The first-order chi connectivity index (χ1) is 9.04. The van der Waals surface area contributed by atoms with Crippen molar-refractivity contribution in [2.45, 2.75) is 64.4 Å². The number of hydrogen-bond acceptors (Lipinski definition) is 4. The molecular formula is C15H29NO3. The molecule has 0 unspecified atom stereocenters. The van der Waals surface area contributed by atoms with Crippen LogP contribution in [0.5, 0.6) is 0 Å². The van der Waals surface area contributed by atoms with Gasteiger partial charge in [-0.1, -0.05) is 13.3 Å². The van der Waals surface area contributed by atoms with Crippen molar-refractivity contribution >= 4 is 0 Å². The maximum Gasteiger partial charge on any atom is 0.0900 e. The molecule has 0 aromatic rings. The van der Waals surface area contributed by atoms with Crippen LogP contribution >= 0.6 is 0 Å². The van der Waals surface area contributed by atoms with E-state index in [1.807, 2.05) is 0 Å². The van der Waals surface area contributed by atoms with E-state index < -0.39 is 0 Å². The summed E-state index contributed by atoms with van der Waals surface area (Å²) in [6.45, 7) is 9.39. The van der Waals surface area contributed by atoms with E-state index in [-0.39, 0.29) is 18.3 Å². The van der Waals surface area contributed by atoms with Gasteiger partial charge in [-0.05, 0) is 32.6 Å². The average molecular weight is 271 g/mol. The van der Waals surface area contributed by atoms with Gasteiger partial charge in [-0.2, -0.15) is 0 Å². The third kappa shape index (κ3) is 4.71. The third-order valence-electron chi connectivity index (χ3n) is 4.25. The summed E-state index contributed by atoms with van der Waals surface area (Å²) in [5.41, 5.74) is 0. The summed E-state index contributed by atoms with van der Waals surface area (Å²) < 4.78 is 11.6. The van der Waals surface area contributed by atoms with Gasteiger partial charge in [0.25, 0.3) is 0 Å². The second-order valence-corrected chi connectivity index (χ2v) is 6.41. The van der Waals surface area contributed by atoms with Crippen molar-refractivity contribution in [2.24, 2.45) is 5.92 Å². The van der Waals surface area contributed by atoms with Crippen LogP contribution in [0.15, 0.2) is 0 Å². The van der Waals surface area contributed by atoms with Crippen LogP contribution in [0.2, 0.25) is 0 Å². The van der Waals surface area contributed by atoms with E-state index >= 15 is 0 Å². The van der Waals surface area contributed by atoms with Gasteiger partial charge in [0.2, 0.25) is 0 Å². The Bertz CT molecular complexity index is 264. The van der Waals surface area contributed by atoms with Crippen molar-refractivity contribution in [3.8, 4) is 0 Å². The van der Waals surface area contributed by atoms with E-state index in [1.54, 1.807) is 0 Å². The Morgan fingerprint density at radius 2 is 1.89 bits per heavy atom. The van der Waals surface area contributed by atoms with E-state index in [0.29, 0.717) is 25.2 Å². The van der Waals surface area contributed by atoms with Crippen LogP contribution < -0.4 is 0 Å². The molecule has 112 valence electrons. The number of morpholine rings is 1. The topological polar surface area (TPSA) is 41.9 Å². The molecule has 1 N–H and O–H groups in total. The minimum atomic E-state index is -0.384. The lowest BCUT2D eigenvalue weighted by Crippen LogP contribution is -2.48. The molecule has 1 saturated heterocycles. The molecule has 1 saturated carbocycles. The van der Waals surface area contributed by atoms with Crippen molar-refractivity contribution in [3.05, 3.63) is 0 Å². The molecule has 1 aliphatic heterocycles. The Morgan fingerprint density at radius 1 is 1.21 bits per heavy atom. The van der Waals surface area contributed by atoms with E-state index in [1.165, 1.54) is 12.8 Å². The summed E-state index contributed by atoms with van der Waals surface area (Å²) in [5.74, 6) is 0.649. The van der Waals surface area contributed by atoms with Crippen LogP contribution in [-0.4, -0.2) is 60.7 Å². The minimum Gasteiger partial charge on any atom is -0.389 e. The maximum atomic E-state index is 10.1. The van der Waals surface area contributed by atoms with E-state index in [9.17, 15) is 5.11 Å². The summed E-state index contributed by atoms with van der Waals surface area (Å²) in [7, 11) is 0. The molecule has 0 radical (unpaired) electrons. The van der Waals surface area contributed by atoms with Crippen molar-refractivity contribution in [3.63, 3.8) is 0 Å². The highest BCUT2D eigenvalue weighted by Crippen LogP contribution is 2.27. The van der Waals surface area contributed by atoms with Crippen LogP contribution in [0, 0.1) is 5.92 Å². The zero-order chi connectivity index (χ0) is 13.8. The van der Waals surface area contributed by atoms with Gasteiger partial charge in [0.1, 0.15) is 0 Å². The fraction of sp³-hybridized carbons (Fsp3) is 1.00. The first kappa shape index (κ1) is 15.2. The number of aliphatic hydroxyl groups excluding tert-OH is 1. The van der Waals surface area contributed by atoms with E-state index in [0.717, 1.165) is 19.5 Å². The first-order valence-electron chi connectivity index (χ1n) is 7.72. The zero-order valence-corrected chi connectivity index (χ0v) is 12.5. The normalized spacial score (nSPS) is 38.5. The Morgan fingerprint density at radius 3 is 2.47 bits per heavy atom. The largest absolute Gasteiger partial charge is 0.389 e. The first-order valence-corrected chi connectivity index (χ1v) is 7.72. The summed E-state index contributed by atoms with van der Waals surface area (Å²) in [4.78, 5) is 2.28. The lowest BCUT2D eigenvalue weighted by atomic mass is 10.1. The van der Waals surface area contributed by atoms with Crippen LogP contribution in [0.4, 0.5) is 0 Å². The molecule has 0 aromatic carbocycles. The van der Waals surface area contributed by atoms with Crippen molar-refractivity contribution in [1.29, 1.82) is 0 Å². The van der Waals surface area contributed by atoms with Gasteiger partial charge in [-0.15, -0.1) is 0 Å². The monoisotopic (exact) mass is 271 g/mol. The number of aliphatic hydroxyl groups is 1. The fourth-order valence-electron chi connectivity index (χ4n) is 3.38. The molecule has 0 bridgehead atoms. The molecule has 5 atom stereocenters. The predicted molar refractivity (Wildman–Crippen MR) is 75.2 cm³/mol. The van der Waals surface area contributed by atoms with Crippen LogP contribution in [0.1, 0.15) is 40.0 Å². The molecule has 0 amide bonds. The zero-order valence-electron chi connectivity index (χ0n) is 12.5. The quantitative estimate of drug-likeness (QED) is 0.826. The molecule has 2 fully saturated rings. The lowest BCUT2D eigenvalue weighted by molar-refractivity contribution is -0.0872. The van der Waals surface area contributed by atoms with E-state index in [2.05, 4.69) is 25.7 Å². The minimum absolute atomic E-state index is 0.256. The van der Waals surface area contributed by atoms with Gasteiger partial charge in [0.15, 0.2) is 0 Å². The Balaban J connectivity index is 1.67. The molecule has 2 rings (SSSR count). The van der Waals surface area contributed by atoms with Crippen LogP contribution in [-0.2, 0) is 9.47 Å². The second-order valence-electron chi connectivity index (χ2n) is 6.41. The molecule has 2 aliphatic rings. The third-order valence-corrected chi connectivity index (χ3v) is 4.25. The standard InChI is InChI=1S/C15H29NO3/c1-11-5-4-6-15(11)18-10-14(17)9-16-7-12(2)19-13(3)8-16/h11-15,17H,4-10H2,1-3H3/t11-,12-,13+,14-,15+/m0/s1. The van der Waals surface area contributed by atoms with Gasteiger partial charge in [0.05, 0.1) is 31.0 Å². The van der Waals surface area contributed by atoms with Crippen LogP contribution in [0.3, 0.4) is 0 Å².